The van der Waals surface area contributed by atoms with Crippen LogP contribution in [0.15, 0.2) is 0 Å². The van der Waals surface area contributed by atoms with Crippen LogP contribution < -0.4 is 0 Å². The summed E-state index contributed by atoms with van der Waals surface area (Å²) in [5.74, 6) is 1.40. The zero-order valence-electron chi connectivity index (χ0n) is 15.2. The Kier molecular flexibility index (Phi) is 2.95. The van der Waals surface area contributed by atoms with Crippen LogP contribution in [0.25, 0.3) is 0 Å². The second-order valence-electron chi connectivity index (χ2n) is 10.4. The number of fused-ring (bicyclic) bond motifs is 5. The first-order valence-corrected chi connectivity index (χ1v) is 9.43. The second-order valence-corrected chi connectivity index (χ2v) is 10.4. The molecule has 23 heavy (non-hydrogen) atoms. The predicted octanol–water partition coefficient (Wildman–Crippen LogP) is 3.18. The highest BCUT2D eigenvalue weighted by atomic mass is 16.3. The van der Waals surface area contributed by atoms with E-state index in [0.717, 1.165) is 25.7 Å². The molecule has 0 radical (unpaired) electrons. The van der Waals surface area contributed by atoms with Crippen molar-refractivity contribution in [1.29, 1.82) is 0 Å². The van der Waals surface area contributed by atoms with Gasteiger partial charge < -0.3 is 10.2 Å². The Balaban J connectivity index is 1.85. The topological polar surface area (TPSA) is 57.5 Å². The lowest BCUT2D eigenvalue weighted by molar-refractivity contribution is -0.197. The number of aliphatic hydroxyl groups excluding tert-OH is 1. The van der Waals surface area contributed by atoms with E-state index >= 15 is 0 Å². The standard InChI is InChI=1S/C20H32O3/c1-11(2)20(23)7-6-17(3)9-13(21)19(5)10-14(22)18(4)8-12(18)15(19)16(17)20/h11-13,15-16,21,23H,6-10H2,1-5H3/t12-,13-,15+,16+,17+,18-,19+,20-/m0/s1. The van der Waals surface area contributed by atoms with Crippen molar-refractivity contribution in [3.05, 3.63) is 0 Å². The lowest BCUT2D eigenvalue weighted by Gasteiger charge is -2.60. The van der Waals surface area contributed by atoms with Gasteiger partial charge in [-0.3, -0.25) is 4.79 Å². The fourth-order valence-corrected chi connectivity index (χ4v) is 7.02. The molecule has 4 saturated carbocycles. The molecule has 0 amide bonds. The molecule has 3 heteroatoms. The molecule has 0 spiro atoms. The summed E-state index contributed by atoms with van der Waals surface area (Å²) in [6.07, 6.45) is 3.59. The van der Waals surface area contributed by atoms with Gasteiger partial charge in [-0.25, -0.2) is 0 Å². The molecule has 8 atom stereocenters. The number of rotatable bonds is 1. The Hall–Kier alpha value is -0.410. The summed E-state index contributed by atoms with van der Waals surface area (Å²) in [4.78, 5) is 12.7. The van der Waals surface area contributed by atoms with Crippen molar-refractivity contribution in [2.75, 3.05) is 0 Å². The Morgan fingerprint density at radius 2 is 1.78 bits per heavy atom. The highest BCUT2D eigenvalue weighted by Crippen LogP contribution is 2.75. The van der Waals surface area contributed by atoms with Gasteiger partial charge in [-0.05, 0) is 54.8 Å². The first kappa shape index (κ1) is 16.1. The quantitative estimate of drug-likeness (QED) is 0.780. The van der Waals surface area contributed by atoms with E-state index in [1.165, 1.54) is 0 Å². The zero-order valence-corrected chi connectivity index (χ0v) is 15.2. The van der Waals surface area contributed by atoms with Crippen LogP contribution in [0.3, 0.4) is 0 Å². The maximum atomic E-state index is 12.7. The Morgan fingerprint density at radius 3 is 2.39 bits per heavy atom. The largest absolute Gasteiger partial charge is 0.393 e. The molecule has 2 N–H and O–H groups in total. The van der Waals surface area contributed by atoms with Crippen LogP contribution in [0.1, 0.15) is 66.7 Å². The normalized spacial score (nSPS) is 61.1. The molecule has 0 aliphatic heterocycles. The lowest BCUT2D eigenvalue weighted by atomic mass is 9.46. The van der Waals surface area contributed by atoms with Gasteiger partial charge in [0.15, 0.2) is 0 Å². The second kappa shape index (κ2) is 4.22. The van der Waals surface area contributed by atoms with Crippen molar-refractivity contribution >= 4 is 5.78 Å². The Morgan fingerprint density at radius 1 is 1.13 bits per heavy atom. The average molecular weight is 320 g/mol. The summed E-state index contributed by atoms with van der Waals surface area (Å²) in [6.45, 7) is 10.8. The minimum Gasteiger partial charge on any atom is -0.393 e. The molecule has 0 aromatic heterocycles. The molecule has 4 aliphatic carbocycles. The van der Waals surface area contributed by atoms with Crippen LogP contribution in [-0.2, 0) is 4.79 Å². The summed E-state index contributed by atoms with van der Waals surface area (Å²) in [6, 6.07) is 0. The van der Waals surface area contributed by atoms with Crippen molar-refractivity contribution in [3.63, 3.8) is 0 Å². The number of carbonyl (C=O) groups excluding carboxylic acids is 1. The highest BCUT2D eigenvalue weighted by molar-refractivity contribution is 5.89. The SMILES string of the molecule is CC(C)[C@@]1(O)CC[C@]2(C)C[C@H](O)[C@@]3(C)CC(=O)[C@@]4(C)C[C@H]4[C@@H]3[C@H]21. The van der Waals surface area contributed by atoms with E-state index in [-0.39, 0.29) is 34.0 Å². The molecule has 4 rings (SSSR count). The third-order valence-electron chi connectivity index (χ3n) is 8.84. The summed E-state index contributed by atoms with van der Waals surface area (Å²) in [7, 11) is 0. The van der Waals surface area contributed by atoms with E-state index in [1.807, 2.05) is 0 Å². The van der Waals surface area contributed by atoms with E-state index in [9.17, 15) is 15.0 Å². The fourth-order valence-electron chi connectivity index (χ4n) is 7.02. The van der Waals surface area contributed by atoms with Crippen LogP contribution in [0.4, 0.5) is 0 Å². The van der Waals surface area contributed by atoms with Crippen LogP contribution in [0, 0.1) is 39.9 Å². The molecule has 0 unspecified atom stereocenters. The van der Waals surface area contributed by atoms with Crippen LogP contribution in [0.5, 0.6) is 0 Å². The van der Waals surface area contributed by atoms with Gasteiger partial charge in [-0.1, -0.05) is 34.6 Å². The molecular formula is C20H32O3. The van der Waals surface area contributed by atoms with E-state index in [1.54, 1.807) is 0 Å². The monoisotopic (exact) mass is 320 g/mol. The predicted molar refractivity (Wildman–Crippen MR) is 88.7 cm³/mol. The number of hydrogen-bond donors (Lipinski definition) is 2. The van der Waals surface area contributed by atoms with Crippen molar-refractivity contribution in [2.45, 2.75) is 78.4 Å². The summed E-state index contributed by atoms with van der Waals surface area (Å²) in [5, 5.41) is 22.6. The number of Topliss-reactive ketones (excluding diaryl/α,β-unsaturated/α-hetero) is 1. The fraction of sp³-hybridized carbons (Fsp3) is 0.950. The molecule has 0 heterocycles. The summed E-state index contributed by atoms with van der Waals surface area (Å²) in [5.41, 5.74) is -1.17. The maximum Gasteiger partial charge on any atom is 0.139 e. The average Bonchev–Trinajstić information content (AvgIpc) is 3.05. The smallest absolute Gasteiger partial charge is 0.139 e. The van der Waals surface area contributed by atoms with E-state index in [0.29, 0.717) is 18.1 Å². The summed E-state index contributed by atoms with van der Waals surface area (Å²) < 4.78 is 0. The third kappa shape index (κ3) is 1.71. The van der Waals surface area contributed by atoms with Gasteiger partial charge in [-0.15, -0.1) is 0 Å². The Bertz CT molecular complexity index is 571. The van der Waals surface area contributed by atoms with Gasteiger partial charge in [0.25, 0.3) is 0 Å². The first-order chi connectivity index (χ1) is 10.5. The minimum absolute atomic E-state index is 0.00645. The Labute approximate surface area is 139 Å². The van der Waals surface area contributed by atoms with E-state index < -0.39 is 11.7 Å². The van der Waals surface area contributed by atoms with Crippen LogP contribution >= 0.6 is 0 Å². The molecule has 0 aromatic rings. The molecule has 0 bridgehead atoms. The number of carbonyl (C=O) groups is 1. The molecule has 3 nitrogen and oxygen atoms in total. The molecule has 4 fully saturated rings. The van der Waals surface area contributed by atoms with E-state index in [4.69, 9.17) is 0 Å². The van der Waals surface area contributed by atoms with Crippen LogP contribution in [-0.4, -0.2) is 27.7 Å². The van der Waals surface area contributed by atoms with Gasteiger partial charge in [0.05, 0.1) is 11.7 Å². The van der Waals surface area contributed by atoms with Crippen molar-refractivity contribution < 1.29 is 15.0 Å². The number of ketones is 1. The molecule has 0 aromatic carbocycles. The minimum atomic E-state index is -0.648. The molecule has 130 valence electrons. The first-order valence-electron chi connectivity index (χ1n) is 9.43. The van der Waals surface area contributed by atoms with Crippen LogP contribution in [0.2, 0.25) is 0 Å². The van der Waals surface area contributed by atoms with Crippen molar-refractivity contribution in [3.8, 4) is 0 Å². The molecule has 0 saturated heterocycles. The van der Waals surface area contributed by atoms with Gasteiger partial charge in [0.1, 0.15) is 5.78 Å². The number of aliphatic hydroxyl groups is 2. The van der Waals surface area contributed by atoms with Gasteiger partial charge in [-0.2, -0.15) is 0 Å². The van der Waals surface area contributed by atoms with Gasteiger partial charge >= 0.3 is 0 Å². The zero-order chi connectivity index (χ0) is 17.0. The van der Waals surface area contributed by atoms with Gasteiger partial charge in [0.2, 0.25) is 0 Å². The lowest BCUT2D eigenvalue weighted by Crippen LogP contribution is -2.62. The third-order valence-corrected chi connectivity index (χ3v) is 8.84. The molecular weight excluding hydrogens is 288 g/mol. The molecule has 4 aliphatic rings. The highest BCUT2D eigenvalue weighted by Gasteiger charge is 2.75. The van der Waals surface area contributed by atoms with Crippen molar-refractivity contribution in [2.24, 2.45) is 39.9 Å². The van der Waals surface area contributed by atoms with E-state index in [2.05, 4.69) is 34.6 Å². The van der Waals surface area contributed by atoms with Gasteiger partial charge in [0, 0.05) is 17.3 Å². The van der Waals surface area contributed by atoms with Crippen molar-refractivity contribution in [1.82, 2.24) is 0 Å². The number of hydrogen-bond acceptors (Lipinski definition) is 3. The summed E-state index contributed by atoms with van der Waals surface area (Å²) >= 11 is 0. The maximum absolute atomic E-state index is 12.7.